The maximum Gasteiger partial charge on any atom is 0.253 e. The van der Waals surface area contributed by atoms with Crippen molar-refractivity contribution in [3.8, 4) is 0 Å². The molecule has 0 unspecified atom stereocenters. The van der Waals surface area contributed by atoms with Crippen molar-refractivity contribution in [1.29, 1.82) is 0 Å². The normalized spacial score (nSPS) is 10.4. The van der Waals surface area contributed by atoms with E-state index in [-0.39, 0.29) is 12.6 Å². The first kappa shape index (κ1) is 15.7. The smallest absolute Gasteiger partial charge is 0.253 e. The van der Waals surface area contributed by atoms with Crippen molar-refractivity contribution < 1.29 is 9.90 Å². The number of aliphatic hydroxyl groups excluding tert-OH is 1. The highest BCUT2D eigenvalue weighted by Gasteiger charge is 2.04. The Labute approximate surface area is 116 Å². The number of carbonyl (C=O) groups is 1. The van der Waals surface area contributed by atoms with Crippen molar-refractivity contribution in [3.63, 3.8) is 0 Å². The van der Waals surface area contributed by atoms with Gasteiger partial charge >= 0.3 is 0 Å². The number of benzene rings is 1. The van der Waals surface area contributed by atoms with Gasteiger partial charge < -0.3 is 10.4 Å². The first-order chi connectivity index (χ1) is 9.27. The second kappa shape index (κ2) is 9.56. The minimum Gasteiger partial charge on any atom is -0.376 e. The van der Waals surface area contributed by atoms with Crippen LogP contribution in [0.2, 0.25) is 0 Å². The van der Waals surface area contributed by atoms with Crippen LogP contribution in [-0.4, -0.2) is 17.7 Å². The van der Waals surface area contributed by atoms with Crippen LogP contribution < -0.4 is 5.32 Å². The molecule has 0 saturated heterocycles. The van der Waals surface area contributed by atoms with E-state index in [4.69, 9.17) is 5.11 Å². The van der Waals surface area contributed by atoms with Crippen LogP contribution in [-0.2, 0) is 6.42 Å². The van der Waals surface area contributed by atoms with Crippen molar-refractivity contribution >= 4 is 5.91 Å². The highest BCUT2D eigenvalue weighted by Crippen LogP contribution is 2.11. The van der Waals surface area contributed by atoms with Gasteiger partial charge in [-0.25, -0.2) is 0 Å². The van der Waals surface area contributed by atoms with Crippen molar-refractivity contribution in [3.05, 3.63) is 35.4 Å². The minimum absolute atomic E-state index is 0.215. The second-order valence-electron chi connectivity index (χ2n) is 4.88. The summed E-state index contributed by atoms with van der Waals surface area (Å²) in [7, 11) is 0. The fraction of sp³-hybridized carbons (Fsp3) is 0.562. The van der Waals surface area contributed by atoms with Gasteiger partial charge in [0.25, 0.3) is 5.91 Å². The van der Waals surface area contributed by atoms with Crippen LogP contribution in [0.15, 0.2) is 24.3 Å². The van der Waals surface area contributed by atoms with E-state index in [1.165, 1.54) is 44.1 Å². The van der Waals surface area contributed by atoms with Gasteiger partial charge in [-0.3, -0.25) is 4.79 Å². The van der Waals surface area contributed by atoms with Gasteiger partial charge in [0.2, 0.25) is 0 Å². The molecule has 0 fully saturated rings. The molecule has 0 heterocycles. The lowest BCUT2D eigenvalue weighted by atomic mass is 10.0. The van der Waals surface area contributed by atoms with Gasteiger partial charge in [0, 0.05) is 5.56 Å². The fourth-order valence-corrected chi connectivity index (χ4v) is 2.15. The molecule has 1 rings (SSSR count). The van der Waals surface area contributed by atoms with E-state index in [2.05, 4.69) is 18.3 Å². The summed E-state index contributed by atoms with van der Waals surface area (Å²) < 4.78 is 0. The number of unbranched alkanes of at least 4 members (excludes halogenated alkanes) is 5. The fourth-order valence-electron chi connectivity index (χ4n) is 2.15. The lowest BCUT2D eigenvalue weighted by Gasteiger charge is -2.05. The van der Waals surface area contributed by atoms with Gasteiger partial charge in [-0.2, -0.15) is 0 Å². The summed E-state index contributed by atoms with van der Waals surface area (Å²) in [6.07, 6.45) is 8.70. The Kier molecular flexibility index (Phi) is 7.91. The van der Waals surface area contributed by atoms with Gasteiger partial charge in [0.15, 0.2) is 0 Å². The number of amides is 1. The highest BCUT2D eigenvalue weighted by atomic mass is 16.3. The molecule has 1 aromatic rings. The zero-order valence-electron chi connectivity index (χ0n) is 11.8. The molecule has 106 valence electrons. The van der Waals surface area contributed by atoms with Crippen LogP contribution >= 0.6 is 0 Å². The van der Waals surface area contributed by atoms with Gasteiger partial charge in [-0.05, 0) is 30.5 Å². The van der Waals surface area contributed by atoms with Crippen LogP contribution in [0.1, 0.15) is 61.4 Å². The highest BCUT2D eigenvalue weighted by molar-refractivity contribution is 5.94. The number of hydrogen-bond donors (Lipinski definition) is 2. The molecule has 0 atom stereocenters. The van der Waals surface area contributed by atoms with E-state index in [9.17, 15) is 4.79 Å². The van der Waals surface area contributed by atoms with Crippen LogP contribution in [0.5, 0.6) is 0 Å². The van der Waals surface area contributed by atoms with E-state index < -0.39 is 0 Å². The average molecular weight is 263 g/mol. The Balaban J connectivity index is 2.34. The molecule has 0 aliphatic carbocycles. The first-order valence-electron chi connectivity index (χ1n) is 7.26. The molecule has 1 amide bonds. The van der Waals surface area contributed by atoms with Gasteiger partial charge in [-0.15, -0.1) is 0 Å². The van der Waals surface area contributed by atoms with Gasteiger partial charge in [0.05, 0.1) is 0 Å². The zero-order valence-corrected chi connectivity index (χ0v) is 11.8. The largest absolute Gasteiger partial charge is 0.376 e. The maximum absolute atomic E-state index is 11.6. The third kappa shape index (κ3) is 6.39. The zero-order chi connectivity index (χ0) is 13.9. The number of aliphatic hydroxyl groups is 1. The van der Waals surface area contributed by atoms with E-state index >= 15 is 0 Å². The summed E-state index contributed by atoms with van der Waals surface area (Å²) in [4.78, 5) is 11.6. The Morgan fingerprint density at radius 2 is 1.89 bits per heavy atom. The van der Waals surface area contributed by atoms with Crippen molar-refractivity contribution in [2.24, 2.45) is 0 Å². The molecule has 0 spiro atoms. The van der Waals surface area contributed by atoms with E-state index in [1.807, 2.05) is 12.1 Å². The molecule has 0 saturated carbocycles. The Hall–Kier alpha value is -1.35. The molecule has 3 nitrogen and oxygen atoms in total. The number of hydrogen-bond acceptors (Lipinski definition) is 2. The molecule has 1 aromatic carbocycles. The van der Waals surface area contributed by atoms with Gasteiger partial charge in [0.1, 0.15) is 6.73 Å². The first-order valence-corrected chi connectivity index (χ1v) is 7.26. The Morgan fingerprint density at radius 1 is 1.16 bits per heavy atom. The predicted octanol–water partition coefficient (Wildman–Crippen LogP) is 3.27. The predicted molar refractivity (Wildman–Crippen MR) is 78.1 cm³/mol. The summed E-state index contributed by atoms with van der Waals surface area (Å²) in [5.74, 6) is -0.215. The number of nitrogens with one attached hydrogen (secondary N) is 1. The van der Waals surface area contributed by atoms with Crippen LogP contribution in [0.3, 0.4) is 0 Å². The summed E-state index contributed by atoms with van der Waals surface area (Å²) in [6.45, 7) is 1.91. The Bertz CT molecular complexity index is 377. The van der Waals surface area contributed by atoms with E-state index in [0.29, 0.717) is 5.56 Å². The molecule has 0 radical (unpaired) electrons. The van der Waals surface area contributed by atoms with Crippen LogP contribution in [0.25, 0.3) is 0 Å². The van der Waals surface area contributed by atoms with Crippen LogP contribution in [0, 0.1) is 0 Å². The lowest BCUT2D eigenvalue weighted by Crippen LogP contribution is -2.24. The average Bonchev–Trinajstić information content (AvgIpc) is 2.43. The Morgan fingerprint density at radius 3 is 2.63 bits per heavy atom. The molecule has 0 bridgehead atoms. The quantitative estimate of drug-likeness (QED) is 0.530. The SMILES string of the molecule is CCCCCCCCc1cccc(C(=O)NCO)c1. The number of carbonyl (C=O) groups excluding carboxylic acids is 1. The number of rotatable bonds is 9. The van der Waals surface area contributed by atoms with Crippen LogP contribution in [0.4, 0.5) is 0 Å². The summed E-state index contributed by atoms with van der Waals surface area (Å²) in [5.41, 5.74) is 1.82. The van der Waals surface area contributed by atoms with Crippen molar-refractivity contribution in [2.75, 3.05) is 6.73 Å². The lowest BCUT2D eigenvalue weighted by molar-refractivity contribution is 0.0910. The molecule has 2 N–H and O–H groups in total. The summed E-state index contributed by atoms with van der Waals surface area (Å²) >= 11 is 0. The molecule has 3 heteroatoms. The topological polar surface area (TPSA) is 49.3 Å². The molecule has 0 aromatic heterocycles. The van der Waals surface area contributed by atoms with Gasteiger partial charge in [-0.1, -0.05) is 51.2 Å². The van der Waals surface area contributed by atoms with E-state index in [1.54, 1.807) is 6.07 Å². The maximum atomic E-state index is 11.6. The minimum atomic E-state index is -0.319. The molecule has 0 aliphatic heterocycles. The monoisotopic (exact) mass is 263 g/mol. The molecule has 19 heavy (non-hydrogen) atoms. The third-order valence-electron chi connectivity index (χ3n) is 3.25. The van der Waals surface area contributed by atoms with Crippen molar-refractivity contribution in [2.45, 2.75) is 51.9 Å². The molecular formula is C16H25NO2. The number of aryl methyl sites for hydroxylation is 1. The second-order valence-corrected chi connectivity index (χ2v) is 4.88. The molecule has 0 aliphatic rings. The summed E-state index contributed by atoms with van der Waals surface area (Å²) in [6, 6.07) is 7.65. The standard InChI is InChI=1S/C16H25NO2/c1-2-3-4-5-6-7-9-14-10-8-11-15(12-14)16(19)17-13-18/h8,10-12,18H,2-7,9,13H2,1H3,(H,17,19). The third-order valence-corrected chi connectivity index (χ3v) is 3.25. The summed E-state index contributed by atoms with van der Waals surface area (Å²) in [5, 5.41) is 11.1. The molecular weight excluding hydrogens is 238 g/mol. The van der Waals surface area contributed by atoms with Crippen molar-refractivity contribution in [1.82, 2.24) is 5.32 Å². The van der Waals surface area contributed by atoms with E-state index in [0.717, 1.165) is 6.42 Å².